The van der Waals surface area contributed by atoms with E-state index in [-0.39, 0.29) is 5.56 Å². The predicted octanol–water partition coefficient (Wildman–Crippen LogP) is -0.937. The second-order valence-corrected chi connectivity index (χ2v) is 1.30. The molecule has 0 aliphatic rings. The third kappa shape index (κ3) is 0.841. The highest BCUT2D eigenvalue weighted by Crippen LogP contribution is 1.51. The van der Waals surface area contributed by atoms with Gasteiger partial charge < -0.3 is 4.98 Å². The third-order valence-electron chi connectivity index (χ3n) is 0.686. The fourth-order valence-corrected chi connectivity index (χ4v) is 0.383. The molecule has 0 bridgehead atoms. The molecule has 4 nitrogen and oxygen atoms in total. The fourth-order valence-electron chi connectivity index (χ4n) is 0.383. The van der Waals surface area contributed by atoms with Crippen molar-refractivity contribution < 1.29 is 0 Å². The van der Waals surface area contributed by atoms with E-state index in [1.54, 1.807) is 0 Å². The zero-order valence-corrected chi connectivity index (χ0v) is 3.97. The van der Waals surface area contributed by atoms with Gasteiger partial charge in [-0.05, 0) is 0 Å². The lowest BCUT2D eigenvalue weighted by Gasteiger charge is -1.75. The molecule has 8 heavy (non-hydrogen) atoms. The van der Waals surface area contributed by atoms with E-state index >= 15 is 0 Å². The Morgan fingerprint density at radius 2 is 2.38 bits per heavy atom. The molecule has 1 rings (SSSR count). The molecular weight excluding hydrogens is 109 g/mol. The highest BCUT2D eigenvalue weighted by molar-refractivity contribution is 4.77. The number of aromatic nitrogens is 2. The predicted molar refractivity (Wildman–Crippen MR) is 27.7 cm³/mol. The van der Waals surface area contributed by atoms with Crippen LogP contribution in [0.3, 0.4) is 0 Å². The summed E-state index contributed by atoms with van der Waals surface area (Å²) in [6, 6.07) is 1.24. The molecule has 1 aromatic rings. The Bertz CT molecular complexity index is 246. The first-order chi connectivity index (χ1) is 3.79. The quantitative estimate of drug-likeness (QED) is 0.456. The van der Waals surface area contributed by atoms with Crippen LogP contribution >= 0.6 is 0 Å². The molecule has 0 aromatic carbocycles. The minimum atomic E-state index is -0.475. The number of aromatic amines is 2. The Kier molecular flexibility index (Phi) is 0.997. The van der Waals surface area contributed by atoms with E-state index < -0.39 is 5.69 Å². The van der Waals surface area contributed by atoms with E-state index in [4.69, 9.17) is 0 Å². The maximum absolute atomic E-state index is 10.2. The summed E-state index contributed by atoms with van der Waals surface area (Å²) >= 11 is 0. The molecule has 2 N–H and O–H groups in total. The van der Waals surface area contributed by atoms with Crippen molar-refractivity contribution in [2.24, 2.45) is 0 Å². The van der Waals surface area contributed by atoms with E-state index in [1.165, 1.54) is 12.3 Å². The second kappa shape index (κ2) is 1.65. The van der Waals surface area contributed by atoms with Gasteiger partial charge in [-0.3, -0.25) is 9.78 Å². The normalized spacial score (nSPS) is 9.00. The first-order valence-electron chi connectivity index (χ1n) is 2.07. The molecule has 0 aliphatic carbocycles. The van der Waals surface area contributed by atoms with Crippen LogP contribution in [0.1, 0.15) is 0 Å². The van der Waals surface area contributed by atoms with Crippen LogP contribution in [-0.2, 0) is 0 Å². The van der Waals surface area contributed by atoms with Crippen LogP contribution in [0.15, 0.2) is 21.9 Å². The van der Waals surface area contributed by atoms with Crippen LogP contribution in [0, 0.1) is 0 Å². The largest absolute Gasteiger partial charge is 0.325 e. The van der Waals surface area contributed by atoms with Crippen molar-refractivity contribution in [3.8, 4) is 0 Å². The minimum absolute atomic E-state index is 0.381. The lowest BCUT2D eigenvalue weighted by Crippen LogP contribution is -2.19. The molecule has 4 heteroatoms. The number of hydrogen-bond donors (Lipinski definition) is 2. The monoisotopic (exact) mass is 113 g/mol. The van der Waals surface area contributed by atoms with Crippen LogP contribution in [0.2, 0.25) is 0 Å². The van der Waals surface area contributed by atoms with Gasteiger partial charge in [0.2, 0.25) is 0 Å². The highest BCUT2D eigenvalue weighted by atomic mass is 17.1. The van der Waals surface area contributed by atoms with Crippen molar-refractivity contribution in [2.45, 2.75) is 0 Å². The fraction of sp³-hybridized carbons (Fsp3) is 0. The highest BCUT2D eigenvalue weighted by Gasteiger charge is 1.77. The summed E-state index contributed by atoms with van der Waals surface area (Å²) in [4.78, 5) is 24.7. The molecule has 0 radical (unpaired) electrons. The maximum Gasteiger partial charge on any atom is 0.325 e. The molecule has 1 aromatic heterocycles. The number of rotatable bonds is 0. The van der Waals surface area contributed by atoms with Gasteiger partial charge >= 0.3 is 5.69 Å². The van der Waals surface area contributed by atoms with Gasteiger partial charge in [-0.1, -0.05) is 0 Å². The van der Waals surface area contributed by atoms with Crippen molar-refractivity contribution in [3.63, 3.8) is 0 Å². The van der Waals surface area contributed by atoms with Crippen molar-refractivity contribution in [1.29, 1.82) is 0 Å². The van der Waals surface area contributed by atoms with Gasteiger partial charge in [0.25, 0.3) is 5.56 Å². The van der Waals surface area contributed by atoms with Gasteiger partial charge in [-0.25, -0.2) is 4.79 Å². The molecule has 0 atom stereocenters. The standard InChI is InChI=1S/C4H4N2O2/c7-3-1-2-5-4(8)6-3/h1-2H,(H2,5,6,7,8)/i8+1. The lowest BCUT2D eigenvalue weighted by atomic mass is 10.7. The summed E-state index contributed by atoms with van der Waals surface area (Å²) < 4.78 is 0. The van der Waals surface area contributed by atoms with E-state index in [9.17, 15) is 9.59 Å². The van der Waals surface area contributed by atoms with Gasteiger partial charge in [0.05, 0.1) is 0 Å². The topological polar surface area (TPSA) is 65.7 Å². The lowest BCUT2D eigenvalue weighted by molar-refractivity contribution is 1.04. The Labute approximate surface area is 44.2 Å². The zero-order chi connectivity index (χ0) is 5.98. The first-order valence-corrected chi connectivity index (χ1v) is 2.07. The number of nitrogens with one attached hydrogen (secondary N) is 2. The van der Waals surface area contributed by atoms with Crippen LogP contribution < -0.4 is 11.2 Å². The maximum atomic E-state index is 10.2. The van der Waals surface area contributed by atoms with Gasteiger partial charge in [-0.2, -0.15) is 0 Å². The third-order valence-corrected chi connectivity index (χ3v) is 0.686. The molecular formula is C4H4N2O2. The van der Waals surface area contributed by atoms with Gasteiger partial charge in [0, 0.05) is 12.3 Å². The average Bonchev–Trinajstić information content (AvgIpc) is 1.64. The number of H-pyrrole nitrogens is 2. The molecule has 0 amide bonds. The summed E-state index contributed by atoms with van der Waals surface area (Å²) in [7, 11) is 0. The van der Waals surface area contributed by atoms with Crippen molar-refractivity contribution in [1.82, 2.24) is 9.97 Å². The molecule has 0 aliphatic heterocycles. The van der Waals surface area contributed by atoms with Crippen LogP contribution in [0.25, 0.3) is 0 Å². The average molecular weight is 113 g/mol. The molecule has 1 heterocycles. The Hall–Kier alpha value is -1.32. The summed E-state index contributed by atoms with van der Waals surface area (Å²) in [6.45, 7) is 0. The van der Waals surface area contributed by atoms with E-state index in [0.717, 1.165) is 0 Å². The van der Waals surface area contributed by atoms with Gasteiger partial charge in [0.15, 0.2) is 0 Å². The summed E-state index contributed by atoms with van der Waals surface area (Å²) in [5, 5.41) is 0. The van der Waals surface area contributed by atoms with E-state index in [2.05, 4.69) is 4.98 Å². The molecule has 0 spiro atoms. The Morgan fingerprint density at radius 3 is 2.75 bits per heavy atom. The van der Waals surface area contributed by atoms with Crippen molar-refractivity contribution in [2.75, 3.05) is 0 Å². The van der Waals surface area contributed by atoms with Gasteiger partial charge in [0.1, 0.15) is 0 Å². The first kappa shape index (κ1) is 4.83. The van der Waals surface area contributed by atoms with Crippen LogP contribution in [0.4, 0.5) is 0 Å². The SMILES string of the molecule is O=c1cc[nH]c(=[17O])[nH]1. The Balaban J connectivity index is 3.50. The number of hydrogen-bond acceptors (Lipinski definition) is 2. The van der Waals surface area contributed by atoms with Crippen molar-refractivity contribution >= 4 is 0 Å². The second-order valence-electron chi connectivity index (χ2n) is 1.30. The van der Waals surface area contributed by atoms with E-state index in [1.807, 2.05) is 4.98 Å². The molecule has 42 valence electrons. The van der Waals surface area contributed by atoms with Crippen LogP contribution in [-0.4, -0.2) is 9.97 Å². The molecule has 0 saturated heterocycles. The zero-order valence-electron chi connectivity index (χ0n) is 3.97. The summed E-state index contributed by atoms with van der Waals surface area (Å²) in [5.41, 5.74) is -0.855. The minimum Gasteiger partial charge on any atom is -0.314 e. The molecule has 0 fully saturated rings. The van der Waals surface area contributed by atoms with E-state index in [0.29, 0.717) is 0 Å². The van der Waals surface area contributed by atoms with Crippen molar-refractivity contribution in [3.05, 3.63) is 33.1 Å². The molecule has 0 unspecified atom stereocenters. The van der Waals surface area contributed by atoms with Crippen LogP contribution in [0.5, 0.6) is 0 Å². The summed E-state index contributed by atoms with van der Waals surface area (Å²) in [6.07, 6.45) is 1.29. The molecule has 0 saturated carbocycles. The smallest absolute Gasteiger partial charge is 0.314 e. The Morgan fingerprint density at radius 1 is 1.62 bits per heavy atom. The van der Waals surface area contributed by atoms with Gasteiger partial charge in [-0.15, -0.1) is 0 Å². The summed E-state index contributed by atoms with van der Waals surface area (Å²) in [5.74, 6) is 0.